The fourth-order valence-corrected chi connectivity index (χ4v) is 1.87. The van der Waals surface area contributed by atoms with Crippen LogP contribution in [-0.4, -0.2) is 20.2 Å². The number of hydrogen-bond acceptors (Lipinski definition) is 3. The van der Waals surface area contributed by atoms with Gasteiger partial charge in [-0.05, 0) is 32.4 Å². The molecule has 0 fully saturated rings. The molecule has 0 aliphatic rings. The molecule has 0 aliphatic heterocycles. The topological polar surface area (TPSA) is 38.5 Å². The number of hydrogen-bond donors (Lipinski definition) is 1. The maximum absolute atomic E-state index is 5.79. The van der Waals surface area contributed by atoms with Gasteiger partial charge in [-0.1, -0.05) is 0 Å². The Bertz CT molecular complexity index is 333. The summed E-state index contributed by atoms with van der Waals surface area (Å²) in [4.78, 5) is 2.27. The van der Waals surface area contributed by atoms with Gasteiger partial charge in [0.25, 0.3) is 0 Å². The third-order valence-electron chi connectivity index (χ3n) is 2.59. The van der Waals surface area contributed by atoms with Crippen LogP contribution in [0.2, 0.25) is 0 Å². The summed E-state index contributed by atoms with van der Waals surface area (Å²) in [6.45, 7) is 8.28. The molecule has 0 saturated carbocycles. The summed E-state index contributed by atoms with van der Waals surface area (Å²) in [5, 5.41) is 0. The van der Waals surface area contributed by atoms with Crippen LogP contribution < -0.4 is 15.4 Å². The Kier molecular flexibility index (Phi) is 3.83. The number of rotatable bonds is 4. The average Bonchev–Trinajstić information content (AvgIpc) is 2.21. The van der Waals surface area contributed by atoms with E-state index in [9.17, 15) is 0 Å². The van der Waals surface area contributed by atoms with Crippen LogP contribution in [0.5, 0.6) is 5.75 Å². The first kappa shape index (κ1) is 11.7. The molecular weight excluding hydrogens is 188 g/mol. The van der Waals surface area contributed by atoms with Crippen molar-refractivity contribution in [3.8, 4) is 5.75 Å². The van der Waals surface area contributed by atoms with Gasteiger partial charge in [-0.2, -0.15) is 0 Å². The van der Waals surface area contributed by atoms with E-state index in [-0.39, 0.29) is 0 Å². The van der Waals surface area contributed by atoms with Crippen molar-refractivity contribution < 1.29 is 4.74 Å². The van der Waals surface area contributed by atoms with Crippen LogP contribution in [0.25, 0.3) is 0 Å². The van der Waals surface area contributed by atoms with Crippen molar-refractivity contribution >= 4 is 11.4 Å². The van der Waals surface area contributed by atoms with Crippen molar-refractivity contribution in [2.24, 2.45) is 0 Å². The van der Waals surface area contributed by atoms with E-state index in [0.29, 0.717) is 0 Å². The van der Waals surface area contributed by atoms with Gasteiger partial charge in [0.15, 0.2) is 0 Å². The first-order valence-corrected chi connectivity index (χ1v) is 5.33. The van der Waals surface area contributed by atoms with E-state index in [4.69, 9.17) is 10.5 Å². The first-order valence-electron chi connectivity index (χ1n) is 5.33. The van der Waals surface area contributed by atoms with Gasteiger partial charge in [0.05, 0.1) is 12.8 Å². The van der Waals surface area contributed by atoms with Gasteiger partial charge < -0.3 is 15.4 Å². The molecule has 2 N–H and O–H groups in total. The Balaban J connectivity index is 3.24. The average molecular weight is 208 g/mol. The lowest BCUT2D eigenvalue weighted by Gasteiger charge is -2.25. The quantitative estimate of drug-likeness (QED) is 0.772. The molecule has 0 amide bonds. The number of aryl methyl sites for hydroxylation is 1. The molecule has 1 aromatic rings. The second-order valence-corrected chi connectivity index (χ2v) is 3.56. The van der Waals surface area contributed by atoms with Gasteiger partial charge >= 0.3 is 0 Å². The van der Waals surface area contributed by atoms with Gasteiger partial charge in [-0.3, -0.25) is 0 Å². The van der Waals surface area contributed by atoms with Crippen LogP contribution in [0.3, 0.4) is 0 Å². The number of methoxy groups -OCH3 is 1. The number of benzene rings is 1. The predicted octanol–water partition coefficient (Wildman–Crippen LogP) is 2.43. The Morgan fingerprint density at radius 2 is 1.87 bits per heavy atom. The molecule has 0 aliphatic carbocycles. The minimum absolute atomic E-state index is 0.750. The molecule has 15 heavy (non-hydrogen) atoms. The Hall–Kier alpha value is -1.38. The van der Waals surface area contributed by atoms with Crippen molar-refractivity contribution in [3.05, 3.63) is 17.7 Å². The van der Waals surface area contributed by atoms with E-state index in [1.54, 1.807) is 7.11 Å². The highest BCUT2D eigenvalue weighted by Crippen LogP contribution is 2.33. The lowest BCUT2D eigenvalue weighted by atomic mass is 10.1. The SMILES string of the molecule is CCN(CC)c1c(C)cc(N)cc1OC. The summed E-state index contributed by atoms with van der Waals surface area (Å²) in [6, 6.07) is 3.86. The molecule has 0 unspecified atom stereocenters. The highest BCUT2D eigenvalue weighted by atomic mass is 16.5. The summed E-state index contributed by atoms with van der Waals surface area (Å²) in [5.74, 6) is 0.858. The van der Waals surface area contributed by atoms with Crippen molar-refractivity contribution in [2.75, 3.05) is 30.8 Å². The second kappa shape index (κ2) is 4.91. The zero-order valence-electron chi connectivity index (χ0n) is 10.0. The van der Waals surface area contributed by atoms with Gasteiger partial charge in [0.2, 0.25) is 0 Å². The predicted molar refractivity (Wildman–Crippen MR) is 65.7 cm³/mol. The highest BCUT2D eigenvalue weighted by molar-refractivity contribution is 5.68. The summed E-state index contributed by atoms with van der Waals surface area (Å²) in [7, 11) is 1.68. The van der Waals surface area contributed by atoms with Crippen molar-refractivity contribution in [1.82, 2.24) is 0 Å². The van der Waals surface area contributed by atoms with E-state index < -0.39 is 0 Å². The van der Waals surface area contributed by atoms with Crippen LogP contribution in [0.1, 0.15) is 19.4 Å². The molecule has 0 aromatic heterocycles. The van der Waals surface area contributed by atoms with Crippen LogP contribution in [0.15, 0.2) is 12.1 Å². The van der Waals surface area contributed by atoms with Crippen LogP contribution >= 0.6 is 0 Å². The Morgan fingerprint density at radius 1 is 1.27 bits per heavy atom. The van der Waals surface area contributed by atoms with Crippen LogP contribution in [0.4, 0.5) is 11.4 Å². The van der Waals surface area contributed by atoms with Gasteiger partial charge in [-0.15, -0.1) is 0 Å². The Morgan fingerprint density at radius 3 is 2.33 bits per heavy atom. The summed E-state index contributed by atoms with van der Waals surface area (Å²) < 4.78 is 5.37. The molecule has 84 valence electrons. The number of ether oxygens (including phenoxy) is 1. The fraction of sp³-hybridized carbons (Fsp3) is 0.500. The normalized spacial score (nSPS) is 10.1. The van der Waals surface area contributed by atoms with E-state index in [1.807, 2.05) is 12.1 Å². The fourth-order valence-electron chi connectivity index (χ4n) is 1.87. The van der Waals surface area contributed by atoms with Gasteiger partial charge in [0, 0.05) is 24.8 Å². The minimum Gasteiger partial charge on any atom is -0.494 e. The minimum atomic E-state index is 0.750. The Labute approximate surface area is 91.8 Å². The van der Waals surface area contributed by atoms with Crippen molar-refractivity contribution in [2.45, 2.75) is 20.8 Å². The molecule has 0 spiro atoms. The number of anilines is 2. The third kappa shape index (κ3) is 2.35. The van der Waals surface area contributed by atoms with Gasteiger partial charge in [0.1, 0.15) is 5.75 Å². The van der Waals surface area contributed by atoms with Crippen molar-refractivity contribution in [1.29, 1.82) is 0 Å². The summed E-state index contributed by atoms with van der Waals surface area (Å²) in [5.41, 5.74) is 8.85. The third-order valence-corrected chi connectivity index (χ3v) is 2.59. The monoisotopic (exact) mass is 208 g/mol. The van der Waals surface area contributed by atoms with Gasteiger partial charge in [-0.25, -0.2) is 0 Å². The molecule has 0 saturated heterocycles. The van der Waals surface area contributed by atoms with Crippen LogP contribution in [-0.2, 0) is 0 Å². The lowest BCUT2D eigenvalue weighted by Crippen LogP contribution is -2.23. The maximum atomic E-state index is 5.79. The largest absolute Gasteiger partial charge is 0.494 e. The molecule has 0 heterocycles. The molecular formula is C12H20N2O. The molecule has 0 atom stereocenters. The van der Waals surface area contributed by atoms with E-state index in [2.05, 4.69) is 25.7 Å². The van der Waals surface area contributed by atoms with E-state index in [0.717, 1.165) is 35.8 Å². The van der Waals surface area contributed by atoms with Crippen molar-refractivity contribution in [3.63, 3.8) is 0 Å². The summed E-state index contributed by atoms with van der Waals surface area (Å²) >= 11 is 0. The van der Waals surface area contributed by atoms with E-state index >= 15 is 0 Å². The molecule has 1 aromatic carbocycles. The molecule has 3 nitrogen and oxygen atoms in total. The zero-order valence-corrected chi connectivity index (χ0v) is 10.0. The number of nitrogens with two attached hydrogens (primary N) is 1. The molecule has 0 bridgehead atoms. The second-order valence-electron chi connectivity index (χ2n) is 3.56. The molecule has 3 heteroatoms. The smallest absolute Gasteiger partial charge is 0.144 e. The maximum Gasteiger partial charge on any atom is 0.144 e. The molecule has 1 rings (SSSR count). The highest BCUT2D eigenvalue weighted by Gasteiger charge is 2.12. The zero-order chi connectivity index (χ0) is 11.4. The molecule has 0 radical (unpaired) electrons. The van der Waals surface area contributed by atoms with E-state index in [1.165, 1.54) is 0 Å². The lowest BCUT2D eigenvalue weighted by molar-refractivity contribution is 0.414. The number of nitrogens with zero attached hydrogens (tertiary/aromatic N) is 1. The van der Waals surface area contributed by atoms with Crippen LogP contribution in [0, 0.1) is 6.92 Å². The standard InChI is InChI=1S/C12H20N2O/c1-5-14(6-2)12-9(3)7-10(13)8-11(12)15-4/h7-8H,5-6,13H2,1-4H3. The first-order chi connectivity index (χ1) is 7.13. The number of nitrogen functional groups attached to an aromatic ring is 1. The summed E-state index contributed by atoms with van der Waals surface area (Å²) in [6.07, 6.45) is 0.